The van der Waals surface area contributed by atoms with Crippen LogP contribution in [0.15, 0.2) is 54.7 Å². The number of nitrogens with two attached hydrogens (primary N) is 1. The fourth-order valence-corrected chi connectivity index (χ4v) is 4.94. The Morgan fingerprint density at radius 2 is 2.00 bits per heavy atom. The van der Waals surface area contributed by atoms with Crippen molar-refractivity contribution in [2.45, 2.75) is 12.3 Å². The van der Waals surface area contributed by atoms with Gasteiger partial charge in [0.25, 0.3) is 0 Å². The van der Waals surface area contributed by atoms with Gasteiger partial charge in [-0.25, -0.2) is 9.37 Å². The molecular weight excluding hydrogens is 444 g/mol. The van der Waals surface area contributed by atoms with Crippen molar-refractivity contribution in [2.24, 2.45) is 5.73 Å². The number of fused-ring (bicyclic) bond motifs is 2. The van der Waals surface area contributed by atoms with Crippen LogP contribution in [0.4, 0.5) is 8.78 Å². The van der Waals surface area contributed by atoms with Crippen molar-refractivity contribution in [1.82, 2.24) is 4.98 Å². The molecule has 5 nitrogen and oxygen atoms in total. The summed E-state index contributed by atoms with van der Waals surface area (Å²) in [7, 11) is 0. The van der Waals surface area contributed by atoms with E-state index in [1.54, 1.807) is 24.3 Å². The lowest BCUT2D eigenvalue weighted by atomic mass is 9.85. The Labute approximate surface area is 194 Å². The smallest absolute Gasteiger partial charge is 0.220 e. The molecule has 0 spiro atoms. The predicted molar refractivity (Wildman–Crippen MR) is 126 cm³/mol. The molecule has 1 unspecified atom stereocenters. The lowest BCUT2D eigenvalue weighted by molar-refractivity contribution is 0.164. The SMILES string of the molecule is N=C(N)SCC1c2cc(-c3cccnc3F)ccc2Oc2c(F)cc(C3=CCCOC3)cc21. The maximum atomic E-state index is 15.2. The van der Waals surface area contributed by atoms with Gasteiger partial charge in [-0.15, -0.1) is 0 Å². The molecule has 3 heterocycles. The fourth-order valence-electron chi connectivity index (χ4n) is 4.24. The quantitative estimate of drug-likeness (QED) is 0.294. The molecule has 3 aromatic rings. The summed E-state index contributed by atoms with van der Waals surface area (Å²) < 4.78 is 41.1. The zero-order chi connectivity index (χ0) is 22.9. The van der Waals surface area contributed by atoms with Crippen LogP contribution in [0.2, 0.25) is 0 Å². The largest absolute Gasteiger partial charge is 0.454 e. The highest BCUT2D eigenvalue weighted by atomic mass is 32.2. The highest BCUT2D eigenvalue weighted by molar-refractivity contribution is 8.13. The Morgan fingerprint density at radius 3 is 2.76 bits per heavy atom. The number of thioether (sulfide) groups is 1. The molecule has 0 saturated heterocycles. The van der Waals surface area contributed by atoms with E-state index >= 15 is 4.39 Å². The molecule has 3 N–H and O–H groups in total. The number of pyridine rings is 1. The Balaban J connectivity index is 1.63. The number of halogens is 2. The van der Waals surface area contributed by atoms with E-state index in [9.17, 15) is 4.39 Å². The molecule has 1 atom stereocenters. The molecule has 1 aromatic heterocycles. The Kier molecular flexibility index (Phi) is 5.86. The van der Waals surface area contributed by atoms with Gasteiger partial charge < -0.3 is 15.2 Å². The Morgan fingerprint density at radius 1 is 1.15 bits per heavy atom. The molecule has 2 aliphatic heterocycles. The summed E-state index contributed by atoms with van der Waals surface area (Å²) in [4.78, 5) is 3.74. The minimum Gasteiger partial charge on any atom is -0.454 e. The van der Waals surface area contributed by atoms with Gasteiger partial charge in [0.1, 0.15) is 5.75 Å². The van der Waals surface area contributed by atoms with Crippen LogP contribution in [-0.4, -0.2) is 29.1 Å². The summed E-state index contributed by atoms with van der Waals surface area (Å²) in [6.07, 6.45) is 4.23. The molecule has 0 bridgehead atoms. The molecule has 5 rings (SSSR count). The first-order valence-electron chi connectivity index (χ1n) is 10.5. The van der Waals surface area contributed by atoms with E-state index in [1.807, 2.05) is 12.1 Å². The average Bonchev–Trinajstić information content (AvgIpc) is 2.82. The number of hydrogen-bond acceptors (Lipinski definition) is 5. The third kappa shape index (κ3) is 4.24. The maximum Gasteiger partial charge on any atom is 0.220 e. The van der Waals surface area contributed by atoms with Gasteiger partial charge in [-0.2, -0.15) is 4.39 Å². The van der Waals surface area contributed by atoms with Gasteiger partial charge in [0.05, 0.1) is 13.2 Å². The van der Waals surface area contributed by atoms with Crippen molar-refractivity contribution in [3.63, 3.8) is 0 Å². The van der Waals surface area contributed by atoms with Crippen LogP contribution in [0.25, 0.3) is 16.7 Å². The van der Waals surface area contributed by atoms with E-state index in [0.717, 1.165) is 23.1 Å². The van der Waals surface area contributed by atoms with E-state index < -0.39 is 11.8 Å². The number of hydrogen-bond donors (Lipinski definition) is 2. The number of ether oxygens (including phenoxy) is 2. The zero-order valence-electron chi connectivity index (χ0n) is 17.6. The van der Waals surface area contributed by atoms with Crippen molar-refractivity contribution in [1.29, 1.82) is 5.41 Å². The summed E-state index contributed by atoms with van der Waals surface area (Å²) in [5.41, 5.74) is 9.75. The first-order valence-corrected chi connectivity index (χ1v) is 11.5. The maximum absolute atomic E-state index is 15.2. The lowest BCUT2D eigenvalue weighted by Crippen LogP contribution is -2.17. The van der Waals surface area contributed by atoms with E-state index in [0.29, 0.717) is 41.4 Å². The summed E-state index contributed by atoms with van der Waals surface area (Å²) in [6.45, 7) is 1.08. The van der Waals surface area contributed by atoms with Crippen LogP contribution in [0.5, 0.6) is 11.5 Å². The summed E-state index contributed by atoms with van der Waals surface area (Å²) in [6, 6.07) is 12.0. The summed E-state index contributed by atoms with van der Waals surface area (Å²) >= 11 is 1.17. The van der Waals surface area contributed by atoms with Gasteiger partial charge in [-0.1, -0.05) is 23.9 Å². The third-order valence-corrected chi connectivity index (χ3v) is 6.61. The number of nitrogens with one attached hydrogen (secondary N) is 1. The van der Waals surface area contributed by atoms with Gasteiger partial charge >= 0.3 is 0 Å². The number of rotatable bonds is 4. The molecule has 168 valence electrons. The van der Waals surface area contributed by atoms with E-state index in [4.69, 9.17) is 20.6 Å². The minimum atomic E-state index is -0.568. The second-order valence-electron chi connectivity index (χ2n) is 7.87. The fraction of sp³-hybridized carbons (Fsp3) is 0.200. The highest BCUT2D eigenvalue weighted by Gasteiger charge is 2.31. The van der Waals surface area contributed by atoms with Crippen LogP contribution in [0.1, 0.15) is 29.0 Å². The van der Waals surface area contributed by atoms with Crippen molar-refractivity contribution in [3.8, 4) is 22.6 Å². The Hall–Kier alpha value is -3.23. The molecule has 0 saturated carbocycles. The Bertz CT molecular complexity index is 1280. The van der Waals surface area contributed by atoms with Crippen LogP contribution in [0.3, 0.4) is 0 Å². The van der Waals surface area contributed by atoms with Crippen LogP contribution in [0, 0.1) is 17.2 Å². The average molecular weight is 466 g/mol. The normalized spacial score (nSPS) is 16.9. The molecule has 33 heavy (non-hydrogen) atoms. The molecule has 0 fully saturated rings. The van der Waals surface area contributed by atoms with Gasteiger partial charge in [0, 0.05) is 34.6 Å². The van der Waals surface area contributed by atoms with Crippen LogP contribution < -0.4 is 10.5 Å². The lowest BCUT2D eigenvalue weighted by Gasteiger charge is -2.30. The predicted octanol–water partition coefficient (Wildman–Crippen LogP) is 5.69. The molecule has 8 heteroatoms. The molecule has 0 aliphatic carbocycles. The number of benzene rings is 2. The first kappa shape index (κ1) is 21.6. The number of nitrogens with zero attached hydrogens (tertiary/aromatic N) is 1. The third-order valence-electron chi connectivity index (χ3n) is 5.80. The second-order valence-corrected chi connectivity index (χ2v) is 8.93. The highest BCUT2D eigenvalue weighted by Crippen LogP contribution is 2.48. The zero-order valence-corrected chi connectivity index (χ0v) is 18.4. The van der Waals surface area contributed by atoms with Crippen molar-refractivity contribution in [2.75, 3.05) is 19.0 Å². The van der Waals surface area contributed by atoms with Gasteiger partial charge in [0.15, 0.2) is 16.7 Å². The molecule has 2 aromatic carbocycles. The van der Waals surface area contributed by atoms with Crippen LogP contribution in [-0.2, 0) is 4.74 Å². The van der Waals surface area contributed by atoms with E-state index in [2.05, 4.69) is 11.1 Å². The van der Waals surface area contributed by atoms with Gasteiger partial charge in [0.2, 0.25) is 5.95 Å². The topological polar surface area (TPSA) is 81.2 Å². The molecule has 2 aliphatic rings. The van der Waals surface area contributed by atoms with Gasteiger partial charge in [-0.05, 0) is 59.5 Å². The summed E-state index contributed by atoms with van der Waals surface area (Å²) in [5.74, 6) is -0.260. The minimum absolute atomic E-state index is 0.0286. The number of aromatic nitrogens is 1. The van der Waals surface area contributed by atoms with Gasteiger partial charge in [-0.3, -0.25) is 5.41 Å². The molecule has 0 radical (unpaired) electrons. The molecular formula is C25H21F2N3O2S. The monoisotopic (exact) mass is 465 g/mol. The van der Waals surface area contributed by atoms with Crippen molar-refractivity contribution < 1.29 is 18.3 Å². The van der Waals surface area contributed by atoms with E-state index in [-0.39, 0.29) is 16.8 Å². The summed E-state index contributed by atoms with van der Waals surface area (Å²) in [5, 5.41) is 7.65. The van der Waals surface area contributed by atoms with Crippen LogP contribution >= 0.6 is 11.8 Å². The first-order chi connectivity index (χ1) is 16.0. The molecule has 0 amide bonds. The van der Waals surface area contributed by atoms with Crippen molar-refractivity contribution >= 4 is 22.5 Å². The standard InChI is InChI=1S/C25H21F2N3O2S/c26-21-11-16(15-3-2-8-31-12-15)10-19-20(13-33-25(28)29)18-9-14(5-6-22(18)32-23(19)21)17-4-1-7-30-24(17)27/h1,3-7,9-11,20H,2,8,12-13H2,(H3,28,29). The van der Waals surface area contributed by atoms with Crippen molar-refractivity contribution in [3.05, 3.63) is 83.2 Å². The number of amidine groups is 1. The van der Waals surface area contributed by atoms with E-state index in [1.165, 1.54) is 24.0 Å². The second kappa shape index (κ2) is 8.96.